The highest BCUT2D eigenvalue weighted by molar-refractivity contribution is 9.10. The molecule has 2 aromatic carbocycles. The van der Waals surface area contributed by atoms with Crippen LogP contribution in [0.15, 0.2) is 46.9 Å². The van der Waals surface area contributed by atoms with Gasteiger partial charge >= 0.3 is 5.97 Å². The summed E-state index contributed by atoms with van der Waals surface area (Å²) in [7, 11) is 1.33. The standard InChI is InChI=1S/C15H12BrCl2NO2/c1-21-15(20)14(10-7-6-9(17)8-12(10)18)19-13-5-3-2-4-11(13)16/h2-8,14,19H,1H3. The quantitative estimate of drug-likeness (QED) is 0.742. The van der Waals surface area contributed by atoms with E-state index < -0.39 is 12.0 Å². The number of methoxy groups -OCH3 is 1. The number of anilines is 1. The second-order valence-corrected chi connectivity index (χ2v) is 5.94. The van der Waals surface area contributed by atoms with Crippen LogP contribution in [0, 0.1) is 0 Å². The van der Waals surface area contributed by atoms with Gasteiger partial charge in [0.15, 0.2) is 6.04 Å². The molecule has 0 amide bonds. The van der Waals surface area contributed by atoms with Gasteiger partial charge in [-0.25, -0.2) is 4.79 Å². The number of benzene rings is 2. The van der Waals surface area contributed by atoms with Gasteiger partial charge in [-0.3, -0.25) is 0 Å². The number of rotatable bonds is 4. The average molecular weight is 389 g/mol. The molecule has 1 N–H and O–H groups in total. The topological polar surface area (TPSA) is 38.3 Å². The zero-order chi connectivity index (χ0) is 15.4. The van der Waals surface area contributed by atoms with Crippen LogP contribution < -0.4 is 5.32 Å². The maximum absolute atomic E-state index is 12.1. The summed E-state index contributed by atoms with van der Waals surface area (Å²) in [5.41, 5.74) is 1.36. The van der Waals surface area contributed by atoms with E-state index in [1.165, 1.54) is 7.11 Å². The third kappa shape index (κ3) is 3.90. The summed E-state index contributed by atoms with van der Waals surface area (Å²) < 4.78 is 5.69. The summed E-state index contributed by atoms with van der Waals surface area (Å²) in [5, 5.41) is 4.03. The lowest BCUT2D eigenvalue weighted by Crippen LogP contribution is -2.22. The molecular formula is C15H12BrCl2NO2. The van der Waals surface area contributed by atoms with Crippen molar-refractivity contribution in [2.24, 2.45) is 0 Å². The maximum Gasteiger partial charge on any atom is 0.333 e. The van der Waals surface area contributed by atoms with Crippen molar-refractivity contribution in [3.05, 3.63) is 62.5 Å². The maximum atomic E-state index is 12.1. The van der Waals surface area contributed by atoms with Crippen molar-refractivity contribution in [3.63, 3.8) is 0 Å². The van der Waals surface area contributed by atoms with Crippen LogP contribution in [0.2, 0.25) is 10.0 Å². The molecule has 0 bridgehead atoms. The summed E-state index contributed by atoms with van der Waals surface area (Å²) >= 11 is 15.5. The van der Waals surface area contributed by atoms with E-state index in [2.05, 4.69) is 21.2 Å². The molecule has 1 atom stereocenters. The van der Waals surface area contributed by atoms with Crippen LogP contribution in [-0.4, -0.2) is 13.1 Å². The molecule has 0 aromatic heterocycles. The first-order chi connectivity index (χ1) is 10.0. The highest BCUT2D eigenvalue weighted by Crippen LogP contribution is 2.31. The minimum atomic E-state index is -0.724. The largest absolute Gasteiger partial charge is 0.467 e. The Morgan fingerprint density at radius 2 is 1.95 bits per heavy atom. The molecule has 0 spiro atoms. The van der Waals surface area contributed by atoms with Crippen molar-refractivity contribution in [2.75, 3.05) is 12.4 Å². The molecule has 110 valence electrons. The first-order valence-corrected chi connectivity index (χ1v) is 7.61. The fraction of sp³-hybridized carbons (Fsp3) is 0.133. The van der Waals surface area contributed by atoms with Gasteiger partial charge in [-0.15, -0.1) is 0 Å². The summed E-state index contributed by atoms with van der Waals surface area (Å²) in [6.07, 6.45) is 0. The van der Waals surface area contributed by atoms with Gasteiger partial charge in [0.25, 0.3) is 0 Å². The smallest absolute Gasteiger partial charge is 0.333 e. The second kappa shape index (κ2) is 7.16. The van der Waals surface area contributed by atoms with E-state index in [-0.39, 0.29) is 0 Å². The molecule has 0 radical (unpaired) electrons. The van der Waals surface area contributed by atoms with Crippen LogP contribution in [0.5, 0.6) is 0 Å². The van der Waals surface area contributed by atoms with Crippen molar-refractivity contribution >= 4 is 50.8 Å². The Kier molecular flexibility index (Phi) is 5.51. The fourth-order valence-electron chi connectivity index (χ4n) is 1.85. The molecule has 0 aliphatic rings. The van der Waals surface area contributed by atoms with Gasteiger partial charge in [0, 0.05) is 25.8 Å². The Hall–Kier alpha value is -1.23. The lowest BCUT2D eigenvalue weighted by atomic mass is 10.1. The van der Waals surface area contributed by atoms with E-state index >= 15 is 0 Å². The van der Waals surface area contributed by atoms with Crippen LogP contribution in [0.1, 0.15) is 11.6 Å². The Bertz CT molecular complexity index is 664. The highest BCUT2D eigenvalue weighted by atomic mass is 79.9. The van der Waals surface area contributed by atoms with E-state index in [0.717, 1.165) is 10.2 Å². The van der Waals surface area contributed by atoms with Crippen LogP contribution in [-0.2, 0) is 9.53 Å². The summed E-state index contributed by atoms with van der Waals surface area (Å²) in [6, 6.07) is 11.7. The average Bonchev–Trinajstić information content (AvgIpc) is 2.46. The Morgan fingerprint density at radius 1 is 1.24 bits per heavy atom. The molecule has 0 saturated carbocycles. The molecule has 0 aliphatic carbocycles. The van der Waals surface area contributed by atoms with E-state index in [1.807, 2.05) is 24.3 Å². The number of halogens is 3. The normalized spacial score (nSPS) is 11.8. The number of carbonyl (C=O) groups excluding carboxylic acids is 1. The van der Waals surface area contributed by atoms with E-state index in [9.17, 15) is 4.79 Å². The molecule has 3 nitrogen and oxygen atoms in total. The summed E-state index contributed by atoms with van der Waals surface area (Å²) in [6.45, 7) is 0. The summed E-state index contributed by atoms with van der Waals surface area (Å²) in [4.78, 5) is 12.1. The van der Waals surface area contributed by atoms with Crippen LogP contribution in [0.25, 0.3) is 0 Å². The van der Waals surface area contributed by atoms with Gasteiger partial charge in [-0.1, -0.05) is 41.4 Å². The number of para-hydroxylation sites is 1. The molecule has 0 fully saturated rings. The van der Waals surface area contributed by atoms with E-state index in [0.29, 0.717) is 15.6 Å². The monoisotopic (exact) mass is 387 g/mol. The third-order valence-corrected chi connectivity index (χ3v) is 4.14. The van der Waals surface area contributed by atoms with Gasteiger partial charge in [-0.2, -0.15) is 0 Å². The number of carbonyl (C=O) groups is 1. The number of nitrogens with one attached hydrogen (secondary N) is 1. The highest BCUT2D eigenvalue weighted by Gasteiger charge is 2.24. The fourth-order valence-corrected chi connectivity index (χ4v) is 2.77. The first-order valence-electron chi connectivity index (χ1n) is 6.06. The number of esters is 1. The Labute approximate surface area is 141 Å². The number of ether oxygens (including phenoxy) is 1. The molecule has 2 rings (SSSR count). The molecule has 0 aliphatic heterocycles. The van der Waals surface area contributed by atoms with Gasteiger partial charge in [0.2, 0.25) is 0 Å². The lowest BCUT2D eigenvalue weighted by molar-refractivity contribution is -0.141. The van der Waals surface area contributed by atoms with Crippen molar-refractivity contribution < 1.29 is 9.53 Å². The Balaban J connectivity index is 2.40. The van der Waals surface area contributed by atoms with Crippen LogP contribution >= 0.6 is 39.1 Å². The van der Waals surface area contributed by atoms with Crippen molar-refractivity contribution in [1.29, 1.82) is 0 Å². The van der Waals surface area contributed by atoms with Crippen LogP contribution in [0.3, 0.4) is 0 Å². The Morgan fingerprint density at radius 3 is 2.57 bits per heavy atom. The zero-order valence-corrected chi connectivity index (χ0v) is 14.2. The van der Waals surface area contributed by atoms with Gasteiger partial charge in [0.05, 0.1) is 7.11 Å². The molecule has 2 aromatic rings. The molecule has 0 heterocycles. The predicted octanol–water partition coefficient (Wildman–Crippen LogP) is 5.08. The van der Waals surface area contributed by atoms with Gasteiger partial charge in [0.1, 0.15) is 0 Å². The van der Waals surface area contributed by atoms with E-state index in [1.54, 1.807) is 18.2 Å². The van der Waals surface area contributed by atoms with Crippen molar-refractivity contribution in [1.82, 2.24) is 0 Å². The summed E-state index contributed by atoms with van der Waals surface area (Å²) in [5.74, 6) is -0.435. The lowest BCUT2D eigenvalue weighted by Gasteiger charge is -2.20. The van der Waals surface area contributed by atoms with Crippen molar-refractivity contribution in [2.45, 2.75) is 6.04 Å². The SMILES string of the molecule is COC(=O)C(Nc1ccccc1Br)c1ccc(Cl)cc1Cl. The number of hydrogen-bond donors (Lipinski definition) is 1. The van der Waals surface area contributed by atoms with Gasteiger partial charge < -0.3 is 10.1 Å². The number of hydrogen-bond acceptors (Lipinski definition) is 3. The zero-order valence-electron chi connectivity index (χ0n) is 11.1. The molecule has 0 saturated heterocycles. The minimum Gasteiger partial charge on any atom is -0.467 e. The third-order valence-electron chi connectivity index (χ3n) is 2.88. The van der Waals surface area contributed by atoms with E-state index in [4.69, 9.17) is 27.9 Å². The van der Waals surface area contributed by atoms with Crippen molar-refractivity contribution in [3.8, 4) is 0 Å². The molecule has 1 unspecified atom stereocenters. The predicted molar refractivity (Wildman–Crippen MR) is 89.0 cm³/mol. The second-order valence-electron chi connectivity index (χ2n) is 4.25. The minimum absolute atomic E-state index is 0.400. The molecule has 6 heteroatoms. The first kappa shape index (κ1) is 16.1. The molecule has 21 heavy (non-hydrogen) atoms. The van der Waals surface area contributed by atoms with Gasteiger partial charge in [-0.05, 0) is 40.2 Å². The molecular weight excluding hydrogens is 377 g/mol. The van der Waals surface area contributed by atoms with Crippen LogP contribution in [0.4, 0.5) is 5.69 Å².